The molecule has 3 N–H and O–H groups in total. The monoisotopic (exact) mass is 372 g/mol. The Balaban J connectivity index is 2.33. The first-order chi connectivity index (χ1) is 9.51. The van der Waals surface area contributed by atoms with Crippen LogP contribution in [0.2, 0.25) is 10.0 Å². The van der Waals surface area contributed by atoms with E-state index in [2.05, 4.69) is 33.5 Å². The zero-order valence-electron chi connectivity index (χ0n) is 11.0. The summed E-state index contributed by atoms with van der Waals surface area (Å²) in [5.41, 5.74) is 6.00. The molecule has 0 amide bonds. The average molecular weight is 374 g/mol. The molecular weight excluding hydrogens is 359 g/mol. The van der Waals surface area contributed by atoms with Crippen LogP contribution in [-0.4, -0.2) is 0 Å². The van der Waals surface area contributed by atoms with Crippen molar-refractivity contribution in [1.29, 1.82) is 0 Å². The Labute approximate surface area is 137 Å². The summed E-state index contributed by atoms with van der Waals surface area (Å²) in [6.45, 7) is 2.05. The molecule has 106 valence electrons. The quantitative estimate of drug-likeness (QED) is 0.596. The van der Waals surface area contributed by atoms with Crippen molar-refractivity contribution >= 4 is 39.1 Å². The number of halogens is 3. The number of hydrazine groups is 1. The van der Waals surface area contributed by atoms with Crippen LogP contribution in [0.4, 0.5) is 0 Å². The zero-order valence-corrected chi connectivity index (χ0v) is 14.1. The molecule has 0 saturated heterocycles. The van der Waals surface area contributed by atoms with Crippen LogP contribution in [0.5, 0.6) is 0 Å². The largest absolute Gasteiger partial charge is 0.271 e. The molecule has 0 radical (unpaired) electrons. The fourth-order valence-electron chi connectivity index (χ4n) is 2.17. The van der Waals surface area contributed by atoms with E-state index < -0.39 is 0 Å². The number of rotatable bonds is 4. The molecule has 0 saturated carbocycles. The lowest BCUT2D eigenvalue weighted by Crippen LogP contribution is -2.29. The Kier molecular flexibility index (Phi) is 5.47. The van der Waals surface area contributed by atoms with Crippen molar-refractivity contribution in [1.82, 2.24) is 5.43 Å². The van der Waals surface area contributed by atoms with Gasteiger partial charge in [-0.3, -0.25) is 11.3 Å². The van der Waals surface area contributed by atoms with Crippen LogP contribution in [0.3, 0.4) is 0 Å². The summed E-state index contributed by atoms with van der Waals surface area (Å²) in [5.74, 6) is 5.70. The van der Waals surface area contributed by atoms with E-state index in [1.165, 1.54) is 5.56 Å². The lowest BCUT2D eigenvalue weighted by molar-refractivity contribution is 0.551. The predicted molar refractivity (Wildman–Crippen MR) is 89.1 cm³/mol. The molecule has 2 aromatic rings. The molecule has 0 aromatic heterocycles. The van der Waals surface area contributed by atoms with Crippen molar-refractivity contribution in [3.8, 4) is 0 Å². The van der Waals surface area contributed by atoms with Crippen LogP contribution < -0.4 is 11.3 Å². The zero-order chi connectivity index (χ0) is 14.7. The SMILES string of the molecule is Cc1cc(Br)cc(C(Cc2c(Cl)cccc2Cl)NN)c1. The Morgan fingerprint density at radius 3 is 2.40 bits per heavy atom. The van der Waals surface area contributed by atoms with Crippen LogP contribution in [-0.2, 0) is 6.42 Å². The van der Waals surface area contributed by atoms with Crippen molar-refractivity contribution in [2.24, 2.45) is 5.84 Å². The van der Waals surface area contributed by atoms with Gasteiger partial charge in [-0.1, -0.05) is 51.3 Å². The molecule has 0 bridgehead atoms. The van der Waals surface area contributed by atoms with Gasteiger partial charge in [0, 0.05) is 14.5 Å². The van der Waals surface area contributed by atoms with Gasteiger partial charge in [0.25, 0.3) is 0 Å². The molecule has 1 unspecified atom stereocenters. The molecule has 20 heavy (non-hydrogen) atoms. The lowest BCUT2D eigenvalue weighted by atomic mass is 9.98. The fraction of sp³-hybridized carbons (Fsp3) is 0.200. The molecule has 0 spiro atoms. The first-order valence-corrected chi connectivity index (χ1v) is 7.72. The molecule has 0 aliphatic heterocycles. The van der Waals surface area contributed by atoms with Gasteiger partial charge in [0.15, 0.2) is 0 Å². The summed E-state index contributed by atoms with van der Waals surface area (Å²) in [7, 11) is 0. The highest BCUT2D eigenvalue weighted by Gasteiger charge is 2.15. The van der Waals surface area contributed by atoms with Crippen LogP contribution in [0.25, 0.3) is 0 Å². The van der Waals surface area contributed by atoms with Gasteiger partial charge in [-0.15, -0.1) is 0 Å². The number of nitrogens with two attached hydrogens (primary N) is 1. The van der Waals surface area contributed by atoms with E-state index in [1.54, 1.807) is 0 Å². The van der Waals surface area contributed by atoms with Gasteiger partial charge in [0.2, 0.25) is 0 Å². The van der Waals surface area contributed by atoms with E-state index in [1.807, 2.05) is 31.2 Å². The van der Waals surface area contributed by atoms with Gasteiger partial charge in [-0.25, -0.2) is 0 Å². The first kappa shape index (κ1) is 15.8. The van der Waals surface area contributed by atoms with Gasteiger partial charge in [-0.2, -0.15) is 0 Å². The Morgan fingerprint density at radius 2 is 1.85 bits per heavy atom. The maximum atomic E-state index is 6.22. The summed E-state index contributed by atoms with van der Waals surface area (Å²) in [5, 5.41) is 1.31. The maximum Gasteiger partial charge on any atom is 0.0501 e. The minimum atomic E-state index is -0.0522. The summed E-state index contributed by atoms with van der Waals surface area (Å²) >= 11 is 15.9. The third kappa shape index (κ3) is 3.74. The second-order valence-corrected chi connectivity index (χ2v) is 6.42. The molecule has 2 aromatic carbocycles. The summed E-state index contributed by atoms with van der Waals surface area (Å²) in [6.07, 6.45) is 0.630. The average Bonchev–Trinajstić information content (AvgIpc) is 2.37. The van der Waals surface area contributed by atoms with E-state index in [0.717, 1.165) is 15.6 Å². The molecule has 2 nitrogen and oxygen atoms in total. The Bertz CT molecular complexity index is 576. The molecule has 0 fully saturated rings. The minimum absolute atomic E-state index is 0.0522. The third-order valence-electron chi connectivity index (χ3n) is 3.14. The van der Waals surface area contributed by atoms with Gasteiger partial charge in [-0.05, 0) is 54.3 Å². The second kappa shape index (κ2) is 6.92. The molecule has 0 aliphatic rings. The van der Waals surface area contributed by atoms with Crippen molar-refractivity contribution < 1.29 is 0 Å². The van der Waals surface area contributed by atoms with Crippen LogP contribution >= 0.6 is 39.1 Å². The highest BCUT2D eigenvalue weighted by molar-refractivity contribution is 9.10. The summed E-state index contributed by atoms with van der Waals surface area (Å²) < 4.78 is 1.03. The van der Waals surface area contributed by atoms with Gasteiger partial charge < -0.3 is 0 Å². The Morgan fingerprint density at radius 1 is 1.20 bits per heavy atom. The van der Waals surface area contributed by atoms with E-state index in [4.69, 9.17) is 29.0 Å². The fourth-order valence-corrected chi connectivity index (χ4v) is 3.35. The van der Waals surface area contributed by atoms with Crippen molar-refractivity contribution in [2.75, 3.05) is 0 Å². The lowest BCUT2D eigenvalue weighted by Gasteiger charge is -2.19. The predicted octanol–water partition coefficient (Wildman–Crippen LogP) is 4.81. The molecule has 2 rings (SSSR count). The van der Waals surface area contributed by atoms with E-state index in [0.29, 0.717) is 16.5 Å². The van der Waals surface area contributed by atoms with E-state index in [9.17, 15) is 0 Å². The highest BCUT2D eigenvalue weighted by atomic mass is 79.9. The van der Waals surface area contributed by atoms with Crippen LogP contribution in [0.1, 0.15) is 22.7 Å². The first-order valence-electron chi connectivity index (χ1n) is 6.17. The normalized spacial score (nSPS) is 12.4. The standard InChI is InChI=1S/C15H15BrCl2N2/c1-9-5-10(7-11(16)6-9)15(20-19)8-12-13(17)3-2-4-14(12)18/h2-7,15,20H,8,19H2,1H3. The van der Waals surface area contributed by atoms with Crippen LogP contribution in [0.15, 0.2) is 40.9 Å². The number of benzene rings is 2. The molecule has 0 aliphatic carbocycles. The number of aryl methyl sites for hydroxylation is 1. The van der Waals surface area contributed by atoms with Crippen molar-refractivity contribution in [3.63, 3.8) is 0 Å². The molecule has 5 heteroatoms. The topological polar surface area (TPSA) is 38.0 Å². The van der Waals surface area contributed by atoms with E-state index in [-0.39, 0.29) is 6.04 Å². The smallest absolute Gasteiger partial charge is 0.0501 e. The van der Waals surface area contributed by atoms with Crippen molar-refractivity contribution in [2.45, 2.75) is 19.4 Å². The number of hydrogen-bond donors (Lipinski definition) is 2. The minimum Gasteiger partial charge on any atom is -0.271 e. The molecule has 1 atom stereocenters. The Hall–Kier alpha value is -0.580. The summed E-state index contributed by atoms with van der Waals surface area (Å²) in [4.78, 5) is 0. The van der Waals surface area contributed by atoms with Gasteiger partial charge in [0.1, 0.15) is 0 Å². The molecule has 0 heterocycles. The van der Waals surface area contributed by atoms with Crippen LogP contribution in [0, 0.1) is 6.92 Å². The van der Waals surface area contributed by atoms with Gasteiger partial charge >= 0.3 is 0 Å². The highest BCUT2D eigenvalue weighted by Crippen LogP contribution is 2.30. The molecular formula is C15H15BrCl2N2. The van der Waals surface area contributed by atoms with Gasteiger partial charge in [0.05, 0.1) is 6.04 Å². The van der Waals surface area contributed by atoms with Crippen molar-refractivity contribution in [3.05, 3.63) is 67.6 Å². The van der Waals surface area contributed by atoms with E-state index >= 15 is 0 Å². The number of hydrogen-bond acceptors (Lipinski definition) is 2. The summed E-state index contributed by atoms with van der Waals surface area (Å²) in [6, 6.07) is 11.7. The maximum absolute atomic E-state index is 6.22. The third-order valence-corrected chi connectivity index (χ3v) is 4.30. The second-order valence-electron chi connectivity index (χ2n) is 4.69. The number of nitrogens with one attached hydrogen (secondary N) is 1.